The Balaban J connectivity index is 1.71. The van der Waals surface area contributed by atoms with Crippen molar-refractivity contribution >= 4 is 29.3 Å². The highest BCUT2D eigenvalue weighted by molar-refractivity contribution is 7.80. The molecule has 1 aromatic carbocycles. The highest BCUT2D eigenvalue weighted by atomic mass is 32.1. The molecule has 1 aliphatic heterocycles. The Labute approximate surface area is 175 Å². The maximum atomic E-state index is 12.9. The Morgan fingerprint density at radius 3 is 2.66 bits per heavy atom. The molecule has 2 atom stereocenters. The Morgan fingerprint density at radius 2 is 2.00 bits per heavy atom. The van der Waals surface area contributed by atoms with E-state index < -0.39 is 18.0 Å². The molecule has 5 N–H and O–H groups in total. The first-order valence-electron chi connectivity index (χ1n) is 9.72. The maximum absolute atomic E-state index is 12.9. The van der Waals surface area contributed by atoms with Gasteiger partial charge in [-0.1, -0.05) is 25.5 Å². The lowest BCUT2D eigenvalue weighted by molar-refractivity contribution is -0.123. The molecule has 0 spiro atoms. The van der Waals surface area contributed by atoms with Gasteiger partial charge in [-0.15, -0.1) is 0 Å². The van der Waals surface area contributed by atoms with E-state index in [1.165, 1.54) is 12.1 Å². The molecule has 29 heavy (non-hydrogen) atoms. The Morgan fingerprint density at radius 1 is 1.24 bits per heavy atom. The number of thiocarbonyl (C=S) groups is 1. The standard InChI is InChI=1S/C19H28FN5O3S/c1-2-4-16(23-18(27)21-11-13-6-8-14(20)9-7-13)17(26)24-25-19(29)22-12-15-5-3-10-28-15/h6-9,15-16H,2-5,10-12H2,1H3,(H,24,26)(H2,21,23,27)(H2,22,25,29). The lowest BCUT2D eigenvalue weighted by Gasteiger charge is -2.20. The minimum absolute atomic E-state index is 0.129. The second-order valence-corrected chi connectivity index (χ2v) is 7.16. The molecule has 0 aromatic heterocycles. The molecule has 0 aliphatic carbocycles. The fourth-order valence-electron chi connectivity index (χ4n) is 2.81. The van der Waals surface area contributed by atoms with E-state index in [0.29, 0.717) is 19.4 Å². The number of halogens is 1. The summed E-state index contributed by atoms with van der Waals surface area (Å²) in [6.45, 7) is 3.47. The zero-order valence-corrected chi connectivity index (χ0v) is 17.2. The molecule has 3 amide bonds. The lowest BCUT2D eigenvalue weighted by atomic mass is 10.1. The summed E-state index contributed by atoms with van der Waals surface area (Å²) < 4.78 is 18.4. The van der Waals surface area contributed by atoms with Gasteiger partial charge in [0.2, 0.25) is 0 Å². The lowest BCUT2D eigenvalue weighted by Crippen LogP contribution is -2.55. The predicted molar refractivity (Wildman–Crippen MR) is 111 cm³/mol. The third-order valence-corrected chi connectivity index (χ3v) is 4.63. The molecule has 1 saturated heterocycles. The van der Waals surface area contributed by atoms with Gasteiger partial charge in [0.1, 0.15) is 11.9 Å². The quantitative estimate of drug-likeness (QED) is 0.319. The van der Waals surface area contributed by atoms with Gasteiger partial charge < -0.3 is 20.7 Å². The number of amides is 3. The fourth-order valence-corrected chi connectivity index (χ4v) is 2.95. The molecular weight excluding hydrogens is 397 g/mol. The van der Waals surface area contributed by atoms with Crippen LogP contribution in [0.1, 0.15) is 38.2 Å². The van der Waals surface area contributed by atoms with Crippen LogP contribution in [0.3, 0.4) is 0 Å². The summed E-state index contributed by atoms with van der Waals surface area (Å²) in [5.74, 6) is -0.737. The number of urea groups is 1. The van der Waals surface area contributed by atoms with Crippen molar-refractivity contribution in [1.82, 2.24) is 26.8 Å². The predicted octanol–water partition coefficient (Wildman–Crippen LogP) is 1.47. The number of nitrogens with one attached hydrogen (secondary N) is 5. The van der Waals surface area contributed by atoms with Crippen LogP contribution >= 0.6 is 12.2 Å². The Hall–Kier alpha value is -2.46. The summed E-state index contributed by atoms with van der Waals surface area (Å²) in [6, 6.07) is 4.61. The molecule has 8 nitrogen and oxygen atoms in total. The second kappa shape index (κ2) is 12.2. The SMILES string of the molecule is CCCC(NC(=O)NCc1ccc(F)cc1)C(=O)NNC(=S)NCC1CCCO1. The number of rotatable bonds is 8. The fraction of sp³-hybridized carbons (Fsp3) is 0.526. The summed E-state index contributed by atoms with van der Waals surface area (Å²) in [5.41, 5.74) is 5.90. The van der Waals surface area contributed by atoms with Crippen LogP contribution in [-0.4, -0.2) is 42.3 Å². The monoisotopic (exact) mass is 425 g/mol. The van der Waals surface area contributed by atoms with Gasteiger partial charge in [0.25, 0.3) is 5.91 Å². The third-order valence-electron chi connectivity index (χ3n) is 4.38. The van der Waals surface area contributed by atoms with Crippen molar-refractivity contribution in [3.05, 3.63) is 35.6 Å². The normalized spacial score (nSPS) is 16.6. The van der Waals surface area contributed by atoms with Crippen molar-refractivity contribution < 1.29 is 18.7 Å². The second-order valence-electron chi connectivity index (χ2n) is 6.75. The van der Waals surface area contributed by atoms with Gasteiger partial charge in [-0.2, -0.15) is 0 Å². The first kappa shape index (κ1) is 22.8. The van der Waals surface area contributed by atoms with Gasteiger partial charge >= 0.3 is 6.03 Å². The summed E-state index contributed by atoms with van der Waals surface area (Å²) in [4.78, 5) is 24.5. The zero-order valence-electron chi connectivity index (χ0n) is 16.4. The molecule has 1 aliphatic rings. The highest BCUT2D eigenvalue weighted by Gasteiger charge is 2.20. The first-order chi connectivity index (χ1) is 14.0. The van der Waals surface area contributed by atoms with Gasteiger partial charge in [0.15, 0.2) is 5.11 Å². The van der Waals surface area contributed by atoms with Crippen molar-refractivity contribution in [1.29, 1.82) is 0 Å². The van der Waals surface area contributed by atoms with Gasteiger partial charge in [0, 0.05) is 19.7 Å². The van der Waals surface area contributed by atoms with E-state index in [1.54, 1.807) is 12.1 Å². The third kappa shape index (κ3) is 8.61. The zero-order chi connectivity index (χ0) is 21.1. The molecule has 1 aromatic rings. The first-order valence-corrected chi connectivity index (χ1v) is 10.1. The number of benzene rings is 1. The molecule has 1 heterocycles. The maximum Gasteiger partial charge on any atom is 0.315 e. The molecule has 10 heteroatoms. The summed E-state index contributed by atoms with van der Waals surface area (Å²) in [6.07, 6.45) is 3.32. The van der Waals surface area contributed by atoms with Crippen molar-refractivity contribution in [2.75, 3.05) is 13.2 Å². The van der Waals surface area contributed by atoms with Crippen LogP contribution in [0.4, 0.5) is 9.18 Å². The number of carbonyl (C=O) groups is 2. The highest BCUT2D eigenvalue weighted by Crippen LogP contribution is 2.10. The average molecular weight is 426 g/mol. The molecule has 2 rings (SSSR count). The van der Waals surface area contributed by atoms with E-state index in [1.807, 2.05) is 6.92 Å². The van der Waals surface area contributed by atoms with Crippen LogP contribution < -0.4 is 26.8 Å². The summed E-state index contributed by atoms with van der Waals surface area (Å²) >= 11 is 5.13. The molecular formula is C19H28FN5O3S. The summed E-state index contributed by atoms with van der Waals surface area (Å²) in [7, 11) is 0. The molecule has 0 saturated carbocycles. The van der Waals surface area contributed by atoms with E-state index in [-0.39, 0.29) is 23.6 Å². The topological polar surface area (TPSA) is 104 Å². The number of carbonyl (C=O) groups excluding carboxylic acids is 2. The minimum atomic E-state index is -0.721. The number of hydrogen-bond donors (Lipinski definition) is 5. The van der Waals surface area contributed by atoms with Crippen LogP contribution in [0.25, 0.3) is 0 Å². The molecule has 0 bridgehead atoms. The van der Waals surface area contributed by atoms with E-state index >= 15 is 0 Å². The number of ether oxygens (including phenoxy) is 1. The van der Waals surface area contributed by atoms with Crippen molar-refractivity contribution in [2.45, 2.75) is 51.3 Å². The molecule has 160 valence electrons. The van der Waals surface area contributed by atoms with E-state index in [4.69, 9.17) is 17.0 Å². The molecule has 0 radical (unpaired) electrons. The van der Waals surface area contributed by atoms with Gasteiger partial charge in [0.05, 0.1) is 6.10 Å². The van der Waals surface area contributed by atoms with Crippen LogP contribution in [0.15, 0.2) is 24.3 Å². The van der Waals surface area contributed by atoms with E-state index in [2.05, 4.69) is 26.8 Å². The van der Waals surface area contributed by atoms with Gasteiger partial charge in [-0.3, -0.25) is 15.6 Å². The number of hydrazine groups is 1. The van der Waals surface area contributed by atoms with E-state index in [9.17, 15) is 14.0 Å². The van der Waals surface area contributed by atoms with Crippen LogP contribution in [0, 0.1) is 5.82 Å². The van der Waals surface area contributed by atoms with Crippen LogP contribution in [0.2, 0.25) is 0 Å². The Kier molecular flexibility index (Phi) is 9.58. The van der Waals surface area contributed by atoms with Crippen molar-refractivity contribution in [3.63, 3.8) is 0 Å². The van der Waals surface area contributed by atoms with Gasteiger partial charge in [-0.05, 0) is 49.2 Å². The van der Waals surface area contributed by atoms with Crippen LogP contribution in [0.5, 0.6) is 0 Å². The minimum Gasteiger partial charge on any atom is -0.376 e. The van der Waals surface area contributed by atoms with Gasteiger partial charge in [-0.25, -0.2) is 9.18 Å². The molecule has 1 fully saturated rings. The van der Waals surface area contributed by atoms with E-state index in [0.717, 1.165) is 25.0 Å². The largest absolute Gasteiger partial charge is 0.376 e. The van der Waals surface area contributed by atoms with Crippen LogP contribution in [-0.2, 0) is 16.1 Å². The van der Waals surface area contributed by atoms with Crippen molar-refractivity contribution in [2.24, 2.45) is 0 Å². The smallest absolute Gasteiger partial charge is 0.315 e. The number of hydrogen-bond acceptors (Lipinski definition) is 4. The average Bonchev–Trinajstić information content (AvgIpc) is 3.23. The van der Waals surface area contributed by atoms with Crippen molar-refractivity contribution in [3.8, 4) is 0 Å². The Bertz CT molecular complexity index is 683. The summed E-state index contributed by atoms with van der Waals surface area (Å²) in [5, 5.41) is 8.56. The molecule has 2 unspecified atom stereocenters.